The molecule has 0 unspecified atom stereocenters. The van der Waals surface area contributed by atoms with Crippen molar-refractivity contribution in [2.45, 2.75) is 59.9 Å². The monoisotopic (exact) mass is 456 g/mol. The average Bonchev–Trinajstić information content (AvgIpc) is 3.35. The maximum Gasteiger partial charge on any atom is 0.140 e. The minimum atomic E-state index is -0.0920. The number of rotatable bonds is 5. The highest BCUT2D eigenvalue weighted by atomic mass is 32.1. The fourth-order valence-electron chi connectivity index (χ4n) is 4.38. The van der Waals surface area contributed by atoms with Gasteiger partial charge in [-0.3, -0.25) is 4.40 Å². The Morgan fingerprint density at radius 2 is 1.85 bits per heavy atom. The molecule has 0 atom stereocenters. The molecule has 1 N–H and O–H groups in total. The van der Waals surface area contributed by atoms with Gasteiger partial charge in [-0.05, 0) is 85.9 Å². The fourth-order valence-corrected chi connectivity index (χ4v) is 5.23. The van der Waals surface area contributed by atoms with Gasteiger partial charge < -0.3 is 5.32 Å². The van der Waals surface area contributed by atoms with Gasteiger partial charge in [-0.1, -0.05) is 33.8 Å². The van der Waals surface area contributed by atoms with Crippen LogP contribution >= 0.6 is 11.3 Å². The number of fused-ring (bicyclic) bond motifs is 1. The predicted octanol–water partition coefficient (Wildman–Crippen LogP) is 7.05. The standard InChI is InChI=1S/C28H32N4S/c1-7-20-15-17-32-24(18-20)30-25(26(32)31-28(5,6)19-27(2,3)4)23-14-13-22(33-23)12-11-21-10-8-9-16-29-21/h8-10,13-18,31H,7,19H2,1-6H3. The highest BCUT2D eigenvalue weighted by molar-refractivity contribution is 7.16. The van der Waals surface area contributed by atoms with E-state index in [0.29, 0.717) is 0 Å². The van der Waals surface area contributed by atoms with Gasteiger partial charge in [-0.25, -0.2) is 9.97 Å². The summed E-state index contributed by atoms with van der Waals surface area (Å²) in [6.07, 6.45) is 5.92. The maximum absolute atomic E-state index is 5.05. The van der Waals surface area contributed by atoms with Crippen LogP contribution in [0.3, 0.4) is 0 Å². The second kappa shape index (κ2) is 9.03. The minimum Gasteiger partial charge on any atom is -0.364 e. The van der Waals surface area contributed by atoms with Gasteiger partial charge >= 0.3 is 0 Å². The molecule has 0 spiro atoms. The van der Waals surface area contributed by atoms with E-state index in [0.717, 1.165) is 45.4 Å². The van der Waals surface area contributed by atoms with E-state index in [1.807, 2.05) is 18.2 Å². The number of anilines is 1. The van der Waals surface area contributed by atoms with E-state index in [9.17, 15) is 0 Å². The van der Waals surface area contributed by atoms with E-state index >= 15 is 0 Å². The first-order chi connectivity index (χ1) is 15.6. The molecule has 4 nitrogen and oxygen atoms in total. The van der Waals surface area contributed by atoms with Crippen molar-refractivity contribution in [3.63, 3.8) is 0 Å². The molecular formula is C28H32N4S. The fraction of sp³-hybridized carbons (Fsp3) is 0.357. The lowest BCUT2D eigenvalue weighted by Crippen LogP contribution is -2.36. The normalized spacial score (nSPS) is 11.9. The van der Waals surface area contributed by atoms with E-state index in [1.165, 1.54) is 5.56 Å². The summed E-state index contributed by atoms with van der Waals surface area (Å²) in [6, 6.07) is 14.3. The van der Waals surface area contributed by atoms with Crippen LogP contribution in [0.2, 0.25) is 0 Å². The van der Waals surface area contributed by atoms with Gasteiger partial charge in [0, 0.05) is 17.9 Å². The number of nitrogens with one attached hydrogen (secondary N) is 1. The number of thiophene rings is 1. The average molecular weight is 457 g/mol. The van der Waals surface area contributed by atoms with Crippen molar-refractivity contribution in [1.29, 1.82) is 0 Å². The Balaban J connectivity index is 1.75. The molecule has 0 radical (unpaired) electrons. The van der Waals surface area contributed by atoms with Crippen molar-refractivity contribution in [3.8, 4) is 22.4 Å². The Labute approximate surface area is 201 Å². The Morgan fingerprint density at radius 3 is 2.55 bits per heavy atom. The maximum atomic E-state index is 5.05. The summed E-state index contributed by atoms with van der Waals surface area (Å²) < 4.78 is 2.18. The van der Waals surface area contributed by atoms with Gasteiger partial charge in [-0.15, -0.1) is 11.3 Å². The van der Waals surface area contributed by atoms with Gasteiger partial charge in [0.15, 0.2) is 0 Å². The molecular weight excluding hydrogens is 424 g/mol. The summed E-state index contributed by atoms with van der Waals surface area (Å²) in [5.74, 6) is 7.44. The minimum absolute atomic E-state index is 0.0920. The van der Waals surface area contributed by atoms with Gasteiger partial charge in [0.2, 0.25) is 0 Å². The van der Waals surface area contributed by atoms with Crippen LogP contribution in [0.1, 0.15) is 64.1 Å². The van der Waals surface area contributed by atoms with E-state index in [-0.39, 0.29) is 11.0 Å². The quantitative estimate of drug-likeness (QED) is 0.327. The van der Waals surface area contributed by atoms with Crippen molar-refractivity contribution < 1.29 is 0 Å². The zero-order chi connectivity index (χ0) is 23.6. The largest absolute Gasteiger partial charge is 0.364 e. The van der Waals surface area contributed by atoms with Crippen molar-refractivity contribution in [1.82, 2.24) is 14.4 Å². The molecule has 4 heterocycles. The van der Waals surface area contributed by atoms with Crippen LogP contribution < -0.4 is 5.32 Å². The van der Waals surface area contributed by atoms with Gasteiger partial charge in [0.1, 0.15) is 22.9 Å². The number of nitrogens with zero attached hydrogens (tertiary/aromatic N) is 3. The Kier molecular flexibility index (Phi) is 6.32. The molecule has 0 aliphatic heterocycles. The molecule has 5 heteroatoms. The van der Waals surface area contributed by atoms with Crippen LogP contribution in [-0.2, 0) is 6.42 Å². The molecule has 0 saturated heterocycles. The molecule has 0 aromatic carbocycles. The summed E-state index contributed by atoms with van der Waals surface area (Å²) in [5.41, 5.74) is 4.12. The van der Waals surface area contributed by atoms with Crippen molar-refractivity contribution >= 4 is 22.8 Å². The second-order valence-corrected chi connectivity index (χ2v) is 11.4. The van der Waals surface area contributed by atoms with Crippen LogP contribution in [0.4, 0.5) is 5.82 Å². The van der Waals surface area contributed by atoms with Crippen LogP contribution in [0, 0.1) is 17.3 Å². The molecule has 4 aromatic heterocycles. The van der Waals surface area contributed by atoms with Gasteiger partial charge in [0.25, 0.3) is 0 Å². The van der Waals surface area contributed by atoms with Crippen molar-refractivity contribution in [3.05, 3.63) is 71.0 Å². The summed E-state index contributed by atoms with van der Waals surface area (Å²) in [5, 5.41) is 3.83. The molecule has 0 aliphatic carbocycles. The highest BCUT2D eigenvalue weighted by Crippen LogP contribution is 2.37. The summed E-state index contributed by atoms with van der Waals surface area (Å²) in [7, 11) is 0. The first kappa shape index (κ1) is 23.1. The summed E-state index contributed by atoms with van der Waals surface area (Å²) in [6.45, 7) is 13.6. The molecule has 4 aromatic rings. The van der Waals surface area contributed by atoms with Gasteiger partial charge in [-0.2, -0.15) is 0 Å². The number of hydrogen-bond acceptors (Lipinski definition) is 4. The summed E-state index contributed by atoms with van der Waals surface area (Å²) in [4.78, 5) is 11.5. The molecule has 0 saturated carbocycles. The number of aromatic nitrogens is 3. The van der Waals surface area contributed by atoms with Crippen LogP contribution in [-0.4, -0.2) is 19.9 Å². The number of aryl methyl sites for hydroxylation is 1. The molecule has 0 amide bonds. The van der Waals surface area contributed by atoms with Crippen LogP contribution in [0.5, 0.6) is 0 Å². The zero-order valence-corrected chi connectivity index (χ0v) is 21.2. The second-order valence-electron chi connectivity index (χ2n) is 10.3. The third kappa shape index (κ3) is 5.64. The van der Waals surface area contributed by atoms with Crippen molar-refractivity contribution in [2.75, 3.05) is 5.32 Å². The molecule has 4 rings (SSSR count). The SMILES string of the molecule is CCc1ccn2c(NC(C)(C)CC(C)(C)C)c(-c3ccc(C#Cc4ccccn4)s3)nc2c1. The topological polar surface area (TPSA) is 42.2 Å². The van der Waals surface area contributed by atoms with Crippen LogP contribution in [0.25, 0.3) is 16.2 Å². The summed E-state index contributed by atoms with van der Waals surface area (Å²) >= 11 is 1.67. The highest BCUT2D eigenvalue weighted by Gasteiger charge is 2.28. The van der Waals surface area contributed by atoms with Crippen LogP contribution in [0.15, 0.2) is 54.9 Å². The third-order valence-corrected chi connectivity index (χ3v) is 6.35. The van der Waals surface area contributed by atoms with E-state index < -0.39 is 0 Å². The van der Waals surface area contributed by atoms with Crippen molar-refractivity contribution in [2.24, 2.45) is 5.41 Å². The van der Waals surface area contributed by atoms with E-state index in [2.05, 4.69) is 98.5 Å². The number of imidazole rings is 1. The number of hydrogen-bond donors (Lipinski definition) is 1. The first-order valence-electron chi connectivity index (χ1n) is 11.5. The predicted molar refractivity (Wildman–Crippen MR) is 140 cm³/mol. The first-order valence-corrected chi connectivity index (χ1v) is 12.3. The van der Waals surface area contributed by atoms with E-state index in [1.54, 1.807) is 17.5 Å². The Bertz CT molecular complexity index is 1310. The molecule has 170 valence electrons. The molecule has 0 bridgehead atoms. The lowest BCUT2D eigenvalue weighted by Gasteiger charge is -2.34. The number of pyridine rings is 2. The lowest BCUT2D eigenvalue weighted by atomic mass is 9.82. The Hall–Kier alpha value is -3.10. The molecule has 33 heavy (non-hydrogen) atoms. The molecule has 0 fully saturated rings. The van der Waals surface area contributed by atoms with E-state index in [4.69, 9.17) is 4.98 Å². The zero-order valence-electron chi connectivity index (χ0n) is 20.4. The smallest absolute Gasteiger partial charge is 0.140 e. The lowest BCUT2D eigenvalue weighted by molar-refractivity contribution is 0.302. The molecule has 0 aliphatic rings. The Morgan fingerprint density at radius 1 is 1.03 bits per heavy atom. The van der Waals surface area contributed by atoms with Gasteiger partial charge in [0.05, 0.1) is 9.75 Å². The third-order valence-electron chi connectivity index (χ3n) is 5.35.